The van der Waals surface area contributed by atoms with Gasteiger partial charge in [-0.25, -0.2) is 8.42 Å². The van der Waals surface area contributed by atoms with Crippen molar-refractivity contribution in [3.8, 4) is 5.75 Å². The SMILES string of the molecule is COc1ccc(C(=O)C(C)(C)S(C)(=O)=O)cc1. The smallest absolute Gasteiger partial charge is 0.183 e. The summed E-state index contributed by atoms with van der Waals surface area (Å²) >= 11 is 0. The molecule has 5 heteroatoms. The van der Waals surface area contributed by atoms with Crippen molar-refractivity contribution in [1.82, 2.24) is 0 Å². The average molecular weight is 256 g/mol. The minimum atomic E-state index is -3.45. The van der Waals surface area contributed by atoms with Gasteiger partial charge in [0.2, 0.25) is 0 Å². The zero-order valence-corrected chi connectivity index (χ0v) is 11.2. The van der Waals surface area contributed by atoms with Crippen LogP contribution < -0.4 is 4.74 Å². The number of carbonyl (C=O) groups excluding carboxylic acids is 1. The third-order valence-corrected chi connectivity index (χ3v) is 4.87. The van der Waals surface area contributed by atoms with Crippen molar-refractivity contribution in [3.05, 3.63) is 29.8 Å². The molecule has 94 valence electrons. The molecule has 0 atom stereocenters. The Bertz CT molecular complexity index is 512. The molecule has 0 radical (unpaired) electrons. The van der Waals surface area contributed by atoms with Crippen LogP contribution in [0.5, 0.6) is 5.75 Å². The molecule has 0 spiro atoms. The molecule has 4 nitrogen and oxygen atoms in total. The number of hydrogen-bond acceptors (Lipinski definition) is 4. The van der Waals surface area contributed by atoms with Crippen molar-refractivity contribution >= 4 is 15.6 Å². The first kappa shape index (κ1) is 13.7. The number of rotatable bonds is 4. The maximum atomic E-state index is 12.1. The Morgan fingerprint density at radius 2 is 1.65 bits per heavy atom. The Labute approximate surface area is 102 Å². The highest BCUT2D eigenvalue weighted by Gasteiger charge is 2.38. The Morgan fingerprint density at radius 1 is 1.18 bits per heavy atom. The van der Waals surface area contributed by atoms with E-state index in [-0.39, 0.29) is 0 Å². The molecular weight excluding hydrogens is 240 g/mol. The van der Waals surface area contributed by atoms with Gasteiger partial charge in [0, 0.05) is 11.8 Å². The molecule has 0 aliphatic rings. The summed E-state index contributed by atoms with van der Waals surface area (Å²) < 4.78 is 26.6. The standard InChI is InChI=1S/C12H16O4S/c1-12(2,17(4,14)15)11(13)9-5-7-10(16-3)8-6-9/h5-8H,1-4H3. The fraction of sp³-hybridized carbons (Fsp3) is 0.417. The van der Waals surface area contributed by atoms with Gasteiger partial charge < -0.3 is 4.74 Å². The molecule has 1 aromatic rings. The van der Waals surface area contributed by atoms with E-state index in [1.165, 1.54) is 21.0 Å². The van der Waals surface area contributed by atoms with Gasteiger partial charge in [-0.3, -0.25) is 4.79 Å². The maximum Gasteiger partial charge on any atom is 0.183 e. The van der Waals surface area contributed by atoms with Crippen LogP contribution >= 0.6 is 0 Å². The highest BCUT2D eigenvalue weighted by atomic mass is 32.2. The van der Waals surface area contributed by atoms with Crippen LogP contribution in [0.25, 0.3) is 0 Å². The molecule has 0 bridgehead atoms. The highest BCUT2D eigenvalue weighted by molar-refractivity contribution is 7.92. The van der Waals surface area contributed by atoms with Crippen LogP contribution in [0, 0.1) is 0 Å². The fourth-order valence-corrected chi connectivity index (χ4v) is 1.71. The molecular formula is C12H16O4S. The number of methoxy groups -OCH3 is 1. The average Bonchev–Trinajstić information content (AvgIpc) is 2.26. The summed E-state index contributed by atoms with van der Waals surface area (Å²) in [6.07, 6.45) is 1.06. The lowest BCUT2D eigenvalue weighted by Gasteiger charge is -2.20. The molecule has 1 aromatic carbocycles. The number of ketones is 1. The molecule has 0 unspecified atom stereocenters. The number of Topliss-reactive ketones (excluding diaryl/α,β-unsaturated/α-hetero) is 1. The molecule has 0 heterocycles. The summed E-state index contributed by atoms with van der Waals surface area (Å²) in [7, 11) is -1.92. The first-order valence-corrected chi connectivity index (χ1v) is 6.97. The fourth-order valence-electron chi connectivity index (χ4n) is 1.26. The lowest BCUT2D eigenvalue weighted by molar-refractivity contribution is 0.0954. The Balaban J connectivity index is 3.13. The van der Waals surface area contributed by atoms with E-state index >= 15 is 0 Å². The van der Waals surface area contributed by atoms with E-state index in [1.54, 1.807) is 24.3 Å². The van der Waals surface area contributed by atoms with E-state index in [0.29, 0.717) is 11.3 Å². The molecule has 0 fully saturated rings. The summed E-state index contributed by atoms with van der Waals surface area (Å²) in [5.41, 5.74) is 0.362. The van der Waals surface area contributed by atoms with E-state index in [9.17, 15) is 13.2 Å². The summed E-state index contributed by atoms with van der Waals surface area (Å²) in [6.45, 7) is 2.82. The van der Waals surface area contributed by atoms with Gasteiger partial charge in [-0.1, -0.05) is 0 Å². The Morgan fingerprint density at radius 3 is 2.00 bits per heavy atom. The predicted octanol–water partition coefficient (Wildman–Crippen LogP) is 1.70. The molecule has 0 amide bonds. The molecule has 0 aromatic heterocycles. The number of sulfone groups is 1. The predicted molar refractivity (Wildman–Crippen MR) is 66.2 cm³/mol. The summed E-state index contributed by atoms with van der Waals surface area (Å²) in [4.78, 5) is 12.1. The molecule has 0 N–H and O–H groups in total. The normalized spacial score (nSPS) is 12.2. The van der Waals surface area contributed by atoms with Gasteiger partial charge in [-0.2, -0.15) is 0 Å². The zero-order valence-electron chi connectivity index (χ0n) is 10.4. The lowest BCUT2D eigenvalue weighted by Crippen LogP contribution is -2.39. The Hall–Kier alpha value is -1.36. The van der Waals surface area contributed by atoms with E-state index < -0.39 is 20.4 Å². The topological polar surface area (TPSA) is 60.4 Å². The van der Waals surface area contributed by atoms with Crippen molar-refractivity contribution < 1.29 is 17.9 Å². The van der Waals surface area contributed by atoms with E-state index in [0.717, 1.165) is 6.26 Å². The van der Waals surface area contributed by atoms with Crippen molar-refractivity contribution in [2.24, 2.45) is 0 Å². The monoisotopic (exact) mass is 256 g/mol. The number of ether oxygens (including phenoxy) is 1. The van der Waals surface area contributed by atoms with Crippen molar-refractivity contribution in [2.75, 3.05) is 13.4 Å². The van der Waals surface area contributed by atoms with Gasteiger partial charge >= 0.3 is 0 Å². The molecule has 0 aliphatic heterocycles. The maximum absolute atomic E-state index is 12.1. The van der Waals surface area contributed by atoms with Crippen molar-refractivity contribution in [1.29, 1.82) is 0 Å². The number of hydrogen-bond donors (Lipinski definition) is 0. The molecule has 0 saturated heterocycles. The highest BCUT2D eigenvalue weighted by Crippen LogP contribution is 2.22. The van der Waals surface area contributed by atoms with Gasteiger partial charge in [0.05, 0.1) is 7.11 Å². The van der Waals surface area contributed by atoms with Crippen LogP contribution in [0.4, 0.5) is 0 Å². The summed E-state index contributed by atoms with van der Waals surface area (Å²) in [6, 6.07) is 6.39. The van der Waals surface area contributed by atoms with Crippen molar-refractivity contribution in [3.63, 3.8) is 0 Å². The quantitative estimate of drug-likeness (QED) is 0.769. The van der Waals surface area contributed by atoms with Gasteiger partial charge in [0.1, 0.15) is 10.5 Å². The van der Waals surface area contributed by atoms with Crippen LogP contribution in [0.15, 0.2) is 24.3 Å². The lowest BCUT2D eigenvalue weighted by atomic mass is 10.0. The van der Waals surface area contributed by atoms with E-state index in [4.69, 9.17) is 4.74 Å². The number of benzene rings is 1. The summed E-state index contributed by atoms with van der Waals surface area (Å²) in [5, 5.41) is 0. The van der Waals surface area contributed by atoms with Gasteiger partial charge in [0.15, 0.2) is 15.6 Å². The molecule has 17 heavy (non-hydrogen) atoms. The first-order valence-electron chi connectivity index (χ1n) is 5.08. The molecule has 0 aliphatic carbocycles. The minimum absolute atomic E-state index is 0.362. The van der Waals surface area contributed by atoms with Gasteiger partial charge in [0.25, 0.3) is 0 Å². The van der Waals surface area contributed by atoms with Crippen LogP contribution in [-0.4, -0.2) is 32.3 Å². The minimum Gasteiger partial charge on any atom is -0.497 e. The zero-order chi connectivity index (χ0) is 13.3. The second-order valence-corrected chi connectivity index (χ2v) is 6.91. The first-order chi connectivity index (χ1) is 7.70. The van der Waals surface area contributed by atoms with E-state index in [1.807, 2.05) is 0 Å². The van der Waals surface area contributed by atoms with Crippen LogP contribution in [0.3, 0.4) is 0 Å². The molecule has 1 rings (SSSR count). The van der Waals surface area contributed by atoms with Crippen molar-refractivity contribution in [2.45, 2.75) is 18.6 Å². The second-order valence-electron chi connectivity index (χ2n) is 4.34. The van der Waals surface area contributed by atoms with Crippen LogP contribution in [0.1, 0.15) is 24.2 Å². The third-order valence-electron chi connectivity index (χ3n) is 2.83. The third kappa shape index (κ3) is 2.66. The number of carbonyl (C=O) groups is 1. The second kappa shape index (κ2) is 4.49. The van der Waals surface area contributed by atoms with E-state index in [2.05, 4.69) is 0 Å². The van der Waals surface area contributed by atoms with Crippen LogP contribution in [-0.2, 0) is 9.84 Å². The van der Waals surface area contributed by atoms with Gasteiger partial charge in [-0.15, -0.1) is 0 Å². The largest absolute Gasteiger partial charge is 0.497 e. The molecule has 0 saturated carbocycles. The summed E-state index contributed by atoms with van der Waals surface area (Å²) in [5.74, 6) is 0.210. The van der Waals surface area contributed by atoms with Gasteiger partial charge in [-0.05, 0) is 38.1 Å². The van der Waals surface area contributed by atoms with Crippen LogP contribution in [0.2, 0.25) is 0 Å². The Kier molecular flexibility index (Phi) is 3.62.